The van der Waals surface area contributed by atoms with Crippen LogP contribution < -0.4 is 10.1 Å². The van der Waals surface area contributed by atoms with Gasteiger partial charge in [-0.3, -0.25) is 4.79 Å². The van der Waals surface area contributed by atoms with E-state index in [0.29, 0.717) is 43.2 Å². The number of methoxy groups -OCH3 is 1. The monoisotopic (exact) mass is 379 g/mol. The highest BCUT2D eigenvalue weighted by atomic mass is 16.5. The fourth-order valence-electron chi connectivity index (χ4n) is 3.13. The van der Waals surface area contributed by atoms with Crippen molar-refractivity contribution in [1.82, 2.24) is 34.7 Å². The van der Waals surface area contributed by atoms with Crippen molar-refractivity contribution in [2.24, 2.45) is 7.05 Å². The molecule has 0 radical (unpaired) electrons. The Morgan fingerprint density at radius 3 is 2.79 bits per heavy atom. The van der Waals surface area contributed by atoms with E-state index in [1.165, 1.54) is 0 Å². The van der Waals surface area contributed by atoms with Crippen LogP contribution in [0.25, 0.3) is 16.7 Å². The van der Waals surface area contributed by atoms with Crippen LogP contribution in [0.15, 0.2) is 36.4 Å². The second-order valence-electron chi connectivity index (χ2n) is 6.44. The average molecular weight is 379 g/mol. The predicted molar refractivity (Wildman–Crippen MR) is 103 cm³/mol. The molecule has 4 aromatic rings. The van der Waals surface area contributed by atoms with E-state index >= 15 is 0 Å². The van der Waals surface area contributed by atoms with Crippen molar-refractivity contribution < 1.29 is 9.53 Å². The lowest BCUT2D eigenvalue weighted by molar-refractivity contribution is -0.121. The molecule has 0 spiro atoms. The van der Waals surface area contributed by atoms with Crippen molar-refractivity contribution >= 4 is 22.6 Å². The first kappa shape index (κ1) is 17.9. The van der Waals surface area contributed by atoms with E-state index in [-0.39, 0.29) is 5.91 Å². The first-order valence-corrected chi connectivity index (χ1v) is 9.08. The van der Waals surface area contributed by atoms with Gasteiger partial charge in [0, 0.05) is 38.9 Å². The lowest BCUT2D eigenvalue weighted by Crippen LogP contribution is -2.26. The van der Waals surface area contributed by atoms with Crippen LogP contribution in [0.2, 0.25) is 0 Å². The van der Waals surface area contributed by atoms with Gasteiger partial charge in [0.2, 0.25) is 11.8 Å². The number of para-hydroxylation sites is 2. The third-order valence-corrected chi connectivity index (χ3v) is 4.64. The highest BCUT2D eigenvalue weighted by Crippen LogP contribution is 2.14. The Bertz CT molecular complexity index is 1130. The lowest BCUT2D eigenvalue weighted by Gasteiger charge is -2.05. The molecule has 3 heterocycles. The lowest BCUT2D eigenvalue weighted by atomic mass is 10.2. The maximum absolute atomic E-state index is 12.2. The van der Waals surface area contributed by atoms with Crippen LogP contribution in [0, 0.1) is 0 Å². The summed E-state index contributed by atoms with van der Waals surface area (Å²) in [5, 5.41) is 15.4. The summed E-state index contributed by atoms with van der Waals surface area (Å²) < 4.78 is 8.79. The van der Waals surface area contributed by atoms with E-state index in [0.717, 1.165) is 16.9 Å². The minimum Gasteiger partial charge on any atom is -0.480 e. The van der Waals surface area contributed by atoms with Crippen molar-refractivity contribution in [2.75, 3.05) is 13.7 Å². The van der Waals surface area contributed by atoms with Gasteiger partial charge in [-0.25, -0.2) is 4.98 Å². The Labute approximate surface area is 161 Å². The van der Waals surface area contributed by atoms with Gasteiger partial charge in [0.1, 0.15) is 5.82 Å². The number of nitrogens with one attached hydrogen (secondary N) is 1. The van der Waals surface area contributed by atoms with Crippen molar-refractivity contribution in [3.63, 3.8) is 0 Å². The van der Waals surface area contributed by atoms with E-state index in [9.17, 15) is 4.79 Å². The van der Waals surface area contributed by atoms with Crippen LogP contribution in [0.3, 0.4) is 0 Å². The number of fused-ring (bicyclic) bond motifs is 2. The molecule has 0 aliphatic heterocycles. The molecule has 9 nitrogen and oxygen atoms in total. The number of nitrogens with zero attached hydrogens (tertiary/aromatic N) is 6. The van der Waals surface area contributed by atoms with Crippen LogP contribution in [0.4, 0.5) is 0 Å². The second-order valence-corrected chi connectivity index (χ2v) is 6.44. The predicted octanol–water partition coefficient (Wildman–Crippen LogP) is 1.31. The van der Waals surface area contributed by atoms with Crippen molar-refractivity contribution in [1.29, 1.82) is 0 Å². The number of benzene rings is 1. The third kappa shape index (κ3) is 3.51. The molecule has 0 saturated heterocycles. The Morgan fingerprint density at radius 2 is 1.96 bits per heavy atom. The minimum absolute atomic E-state index is 0.0431. The van der Waals surface area contributed by atoms with Gasteiger partial charge in [0.15, 0.2) is 11.5 Å². The molecule has 0 aliphatic carbocycles. The van der Waals surface area contributed by atoms with Gasteiger partial charge in [-0.15, -0.1) is 15.3 Å². The number of hydrogen-bond acceptors (Lipinski definition) is 6. The molecular formula is C19H21N7O2. The topological polar surface area (TPSA) is 99.2 Å². The molecule has 9 heteroatoms. The summed E-state index contributed by atoms with van der Waals surface area (Å²) in [5.74, 6) is 2.00. The van der Waals surface area contributed by atoms with E-state index in [1.807, 2.05) is 31.3 Å². The van der Waals surface area contributed by atoms with Crippen molar-refractivity contribution in [3.8, 4) is 5.88 Å². The molecule has 0 saturated carbocycles. The number of imidazole rings is 1. The smallest absolute Gasteiger partial charge is 0.231 e. The van der Waals surface area contributed by atoms with E-state index in [1.54, 1.807) is 23.8 Å². The SMILES string of the molecule is COc1ccc2nnc(CCC(=O)NCCc3nc4ccccc4n3C)n2n1. The van der Waals surface area contributed by atoms with Gasteiger partial charge in [-0.1, -0.05) is 12.1 Å². The van der Waals surface area contributed by atoms with Gasteiger partial charge in [-0.05, 0) is 18.2 Å². The number of carbonyl (C=O) groups excluding carboxylic acids is 1. The zero-order chi connectivity index (χ0) is 19.5. The molecule has 0 atom stereocenters. The standard InChI is InChI=1S/C19H21N7O2/c1-25-14-6-4-3-5-13(14)21-15(25)11-12-20-18(27)9-7-16-22-23-17-8-10-19(28-2)24-26(16)17/h3-6,8,10H,7,9,11-12H2,1-2H3,(H,20,27). The van der Waals surface area contributed by atoms with E-state index < -0.39 is 0 Å². The molecular weight excluding hydrogens is 358 g/mol. The van der Waals surface area contributed by atoms with Crippen LogP contribution in [0.5, 0.6) is 5.88 Å². The van der Waals surface area contributed by atoms with Crippen LogP contribution in [-0.2, 0) is 24.7 Å². The fraction of sp³-hybridized carbons (Fsp3) is 0.316. The number of amides is 1. The number of ether oxygens (including phenoxy) is 1. The molecule has 0 bridgehead atoms. The maximum atomic E-state index is 12.2. The number of rotatable bonds is 7. The summed E-state index contributed by atoms with van der Waals surface area (Å²) in [6.07, 6.45) is 1.42. The summed E-state index contributed by atoms with van der Waals surface area (Å²) in [4.78, 5) is 16.8. The average Bonchev–Trinajstić information content (AvgIpc) is 3.27. The summed E-state index contributed by atoms with van der Waals surface area (Å²) in [7, 11) is 3.54. The molecule has 1 aromatic carbocycles. The minimum atomic E-state index is -0.0431. The Morgan fingerprint density at radius 1 is 1.11 bits per heavy atom. The van der Waals surface area contributed by atoms with Gasteiger partial charge >= 0.3 is 0 Å². The Kier molecular flexibility index (Phi) is 4.88. The Balaban J connectivity index is 1.32. The van der Waals surface area contributed by atoms with E-state index in [4.69, 9.17) is 4.74 Å². The van der Waals surface area contributed by atoms with Gasteiger partial charge in [0.25, 0.3) is 0 Å². The number of aryl methyl sites for hydroxylation is 2. The van der Waals surface area contributed by atoms with Gasteiger partial charge < -0.3 is 14.6 Å². The van der Waals surface area contributed by atoms with Crippen molar-refractivity contribution in [3.05, 3.63) is 48.0 Å². The number of carbonyl (C=O) groups is 1. The molecule has 4 rings (SSSR count). The van der Waals surface area contributed by atoms with Gasteiger partial charge in [0.05, 0.1) is 18.1 Å². The highest BCUT2D eigenvalue weighted by Gasteiger charge is 2.11. The van der Waals surface area contributed by atoms with Crippen LogP contribution >= 0.6 is 0 Å². The quantitative estimate of drug-likeness (QED) is 0.520. The largest absolute Gasteiger partial charge is 0.480 e. The van der Waals surface area contributed by atoms with Gasteiger partial charge in [-0.2, -0.15) is 4.52 Å². The van der Waals surface area contributed by atoms with E-state index in [2.05, 4.69) is 30.2 Å². The first-order chi connectivity index (χ1) is 13.7. The number of aromatic nitrogens is 6. The summed E-state index contributed by atoms with van der Waals surface area (Å²) in [5.41, 5.74) is 2.68. The summed E-state index contributed by atoms with van der Waals surface area (Å²) in [6.45, 7) is 0.530. The molecule has 1 amide bonds. The van der Waals surface area contributed by atoms with Crippen LogP contribution in [-0.4, -0.2) is 48.9 Å². The third-order valence-electron chi connectivity index (χ3n) is 4.64. The zero-order valence-corrected chi connectivity index (χ0v) is 15.8. The molecule has 3 aromatic heterocycles. The number of hydrogen-bond donors (Lipinski definition) is 1. The fourth-order valence-corrected chi connectivity index (χ4v) is 3.13. The molecule has 28 heavy (non-hydrogen) atoms. The zero-order valence-electron chi connectivity index (χ0n) is 15.8. The van der Waals surface area contributed by atoms with Crippen LogP contribution in [0.1, 0.15) is 18.1 Å². The molecule has 0 aliphatic rings. The molecule has 144 valence electrons. The summed E-state index contributed by atoms with van der Waals surface area (Å²) >= 11 is 0. The summed E-state index contributed by atoms with van der Waals surface area (Å²) in [6, 6.07) is 11.5. The maximum Gasteiger partial charge on any atom is 0.231 e. The van der Waals surface area contributed by atoms with Crippen molar-refractivity contribution in [2.45, 2.75) is 19.3 Å². The normalized spacial score (nSPS) is 11.2. The molecule has 0 fully saturated rings. The molecule has 1 N–H and O–H groups in total. The molecule has 0 unspecified atom stereocenters. The highest BCUT2D eigenvalue weighted by molar-refractivity contribution is 5.76. The second kappa shape index (κ2) is 7.63. The Hall–Kier alpha value is -3.49. The first-order valence-electron chi connectivity index (χ1n) is 9.08.